The van der Waals surface area contributed by atoms with E-state index in [4.69, 9.17) is 4.74 Å². The van der Waals surface area contributed by atoms with Crippen LogP contribution in [0.2, 0.25) is 0 Å². The maximum Gasteiger partial charge on any atom is 0.221 e. The average Bonchev–Trinajstić information content (AvgIpc) is 2.38. The van der Waals surface area contributed by atoms with Gasteiger partial charge in [-0.25, -0.2) is 0 Å². The number of methoxy groups -OCH3 is 1. The van der Waals surface area contributed by atoms with Crippen LogP contribution in [0.5, 0.6) is 5.75 Å². The molecule has 0 aromatic heterocycles. The molecule has 1 rings (SSSR count). The van der Waals surface area contributed by atoms with Crippen LogP contribution in [0.1, 0.15) is 12.0 Å². The highest BCUT2D eigenvalue weighted by Gasteiger charge is 1.97. The van der Waals surface area contributed by atoms with Gasteiger partial charge in [-0.05, 0) is 30.7 Å². The Labute approximate surface area is 102 Å². The van der Waals surface area contributed by atoms with Gasteiger partial charge in [-0.1, -0.05) is 12.1 Å². The molecule has 0 fully saturated rings. The van der Waals surface area contributed by atoms with Crippen LogP contribution >= 0.6 is 0 Å². The van der Waals surface area contributed by atoms with E-state index in [1.807, 2.05) is 12.1 Å². The smallest absolute Gasteiger partial charge is 0.221 e. The van der Waals surface area contributed by atoms with Gasteiger partial charge < -0.3 is 15.4 Å². The van der Waals surface area contributed by atoms with E-state index >= 15 is 0 Å². The number of carbonyl (C=O) groups is 1. The fourth-order valence-corrected chi connectivity index (χ4v) is 1.48. The molecule has 0 aliphatic carbocycles. The van der Waals surface area contributed by atoms with E-state index in [0.717, 1.165) is 25.3 Å². The standard InChI is InChI=1S/C13H20N2O2/c1-14-13(16)8-10-15-9-7-11-3-5-12(17-2)6-4-11/h3-6,15H,7-10H2,1-2H3,(H,14,16). The summed E-state index contributed by atoms with van der Waals surface area (Å²) >= 11 is 0. The normalized spacial score (nSPS) is 10.0. The lowest BCUT2D eigenvalue weighted by Gasteiger charge is -2.05. The van der Waals surface area contributed by atoms with Gasteiger partial charge in [0.05, 0.1) is 7.11 Å². The van der Waals surface area contributed by atoms with Crippen molar-refractivity contribution in [2.45, 2.75) is 12.8 Å². The Morgan fingerprint density at radius 1 is 1.24 bits per heavy atom. The largest absolute Gasteiger partial charge is 0.497 e. The molecular formula is C13H20N2O2. The first-order valence-corrected chi connectivity index (χ1v) is 5.80. The van der Waals surface area contributed by atoms with Crippen molar-refractivity contribution in [2.24, 2.45) is 0 Å². The second-order valence-electron chi connectivity index (χ2n) is 3.77. The molecule has 0 unspecified atom stereocenters. The summed E-state index contributed by atoms with van der Waals surface area (Å²) in [6.07, 6.45) is 1.48. The average molecular weight is 236 g/mol. The molecule has 0 saturated heterocycles. The Bertz CT molecular complexity index is 336. The molecule has 0 spiro atoms. The molecule has 4 nitrogen and oxygen atoms in total. The Hall–Kier alpha value is -1.55. The summed E-state index contributed by atoms with van der Waals surface area (Å²) in [5.74, 6) is 0.947. The molecule has 94 valence electrons. The molecule has 17 heavy (non-hydrogen) atoms. The van der Waals surface area contributed by atoms with E-state index in [0.29, 0.717) is 6.42 Å². The third-order valence-corrected chi connectivity index (χ3v) is 2.56. The first-order valence-electron chi connectivity index (χ1n) is 5.80. The second kappa shape index (κ2) is 7.68. The van der Waals surface area contributed by atoms with Crippen LogP contribution in [0.15, 0.2) is 24.3 Å². The predicted molar refractivity (Wildman–Crippen MR) is 68.3 cm³/mol. The van der Waals surface area contributed by atoms with E-state index in [1.165, 1.54) is 5.56 Å². The molecule has 0 radical (unpaired) electrons. The van der Waals surface area contributed by atoms with Gasteiger partial charge in [0.2, 0.25) is 5.91 Å². The zero-order valence-electron chi connectivity index (χ0n) is 10.5. The van der Waals surface area contributed by atoms with Crippen LogP contribution in [-0.2, 0) is 11.2 Å². The van der Waals surface area contributed by atoms with Crippen molar-refractivity contribution in [2.75, 3.05) is 27.2 Å². The first kappa shape index (κ1) is 13.5. The Balaban J connectivity index is 2.15. The predicted octanol–water partition coefficient (Wildman–Crippen LogP) is 0.963. The van der Waals surface area contributed by atoms with E-state index in [2.05, 4.69) is 22.8 Å². The molecule has 1 aromatic carbocycles. The van der Waals surface area contributed by atoms with Crippen LogP contribution in [-0.4, -0.2) is 33.2 Å². The van der Waals surface area contributed by atoms with E-state index in [1.54, 1.807) is 14.2 Å². The number of rotatable bonds is 7. The van der Waals surface area contributed by atoms with Crippen LogP contribution in [0.25, 0.3) is 0 Å². The monoisotopic (exact) mass is 236 g/mol. The Kier molecular flexibility index (Phi) is 6.10. The number of carbonyl (C=O) groups excluding carboxylic acids is 1. The fourth-order valence-electron chi connectivity index (χ4n) is 1.48. The molecule has 0 bridgehead atoms. The summed E-state index contributed by atoms with van der Waals surface area (Å²) in [5, 5.41) is 5.83. The van der Waals surface area contributed by atoms with Gasteiger partial charge in [0, 0.05) is 20.0 Å². The molecule has 1 amide bonds. The first-order chi connectivity index (χ1) is 8.26. The van der Waals surface area contributed by atoms with Crippen LogP contribution in [0, 0.1) is 0 Å². The maximum absolute atomic E-state index is 11.0. The zero-order chi connectivity index (χ0) is 12.5. The summed E-state index contributed by atoms with van der Waals surface area (Å²) in [6, 6.07) is 8.03. The van der Waals surface area contributed by atoms with Crippen molar-refractivity contribution in [1.29, 1.82) is 0 Å². The molecule has 0 atom stereocenters. The molecule has 0 heterocycles. The summed E-state index contributed by atoms with van der Waals surface area (Å²) in [6.45, 7) is 1.60. The number of hydrogen-bond acceptors (Lipinski definition) is 3. The van der Waals surface area contributed by atoms with Crippen molar-refractivity contribution >= 4 is 5.91 Å². The van der Waals surface area contributed by atoms with Crippen molar-refractivity contribution in [3.63, 3.8) is 0 Å². The van der Waals surface area contributed by atoms with Crippen LogP contribution in [0.4, 0.5) is 0 Å². The summed E-state index contributed by atoms with van der Waals surface area (Å²) in [7, 11) is 3.31. The topological polar surface area (TPSA) is 50.4 Å². The number of benzene rings is 1. The van der Waals surface area contributed by atoms with Gasteiger partial charge in [0.25, 0.3) is 0 Å². The zero-order valence-corrected chi connectivity index (χ0v) is 10.5. The van der Waals surface area contributed by atoms with Crippen molar-refractivity contribution in [3.05, 3.63) is 29.8 Å². The highest BCUT2D eigenvalue weighted by atomic mass is 16.5. The van der Waals surface area contributed by atoms with Crippen molar-refractivity contribution < 1.29 is 9.53 Å². The Morgan fingerprint density at radius 3 is 2.53 bits per heavy atom. The van der Waals surface area contributed by atoms with Gasteiger partial charge in [-0.3, -0.25) is 4.79 Å². The fraction of sp³-hybridized carbons (Fsp3) is 0.462. The van der Waals surface area contributed by atoms with Gasteiger partial charge in [-0.2, -0.15) is 0 Å². The molecule has 2 N–H and O–H groups in total. The van der Waals surface area contributed by atoms with Gasteiger partial charge in [0.1, 0.15) is 5.75 Å². The van der Waals surface area contributed by atoms with Crippen LogP contribution in [0.3, 0.4) is 0 Å². The van der Waals surface area contributed by atoms with Gasteiger partial charge in [-0.15, -0.1) is 0 Å². The summed E-state index contributed by atoms with van der Waals surface area (Å²) in [5.41, 5.74) is 1.26. The highest BCUT2D eigenvalue weighted by molar-refractivity contribution is 5.75. The summed E-state index contributed by atoms with van der Waals surface area (Å²) < 4.78 is 5.09. The Morgan fingerprint density at radius 2 is 1.94 bits per heavy atom. The SMILES string of the molecule is CNC(=O)CCNCCc1ccc(OC)cc1. The minimum absolute atomic E-state index is 0.0712. The van der Waals surface area contributed by atoms with E-state index < -0.39 is 0 Å². The lowest BCUT2D eigenvalue weighted by Crippen LogP contribution is -2.25. The van der Waals surface area contributed by atoms with Gasteiger partial charge in [0.15, 0.2) is 0 Å². The number of nitrogens with one attached hydrogen (secondary N) is 2. The van der Waals surface area contributed by atoms with Crippen molar-refractivity contribution in [3.8, 4) is 5.75 Å². The van der Waals surface area contributed by atoms with Gasteiger partial charge >= 0.3 is 0 Å². The third kappa shape index (κ3) is 5.36. The summed E-state index contributed by atoms with van der Waals surface area (Å²) in [4.78, 5) is 11.0. The molecule has 4 heteroatoms. The maximum atomic E-state index is 11.0. The molecule has 0 saturated carbocycles. The lowest BCUT2D eigenvalue weighted by atomic mass is 10.1. The number of hydrogen-bond donors (Lipinski definition) is 2. The lowest BCUT2D eigenvalue weighted by molar-refractivity contribution is -0.120. The minimum atomic E-state index is 0.0712. The third-order valence-electron chi connectivity index (χ3n) is 2.56. The van der Waals surface area contributed by atoms with E-state index in [-0.39, 0.29) is 5.91 Å². The van der Waals surface area contributed by atoms with Crippen LogP contribution < -0.4 is 15.4 Å². The number of ether oxygens (including phenoxy) is 1. The minimum Gasteiger partial charge on any atom is -0.497 e. The highest BCUT2D eigenvalue weighted by Crippen LogP contribution is 2.11. The molecule has 0 aliphatic rings. The van der Waals surface area contributed by atoms with E-state index in [9.17, 15) is 4.79 Å². The molecule has 0 aliphatic heterocycles. The second-order valence-corrected chi connectivity index (χ2v) is 3.77. The molecule has 1 aromatic rings. The quantitative estimate of drug-likeness (QED) is 0.693. The van der Waals surface area contributed by atoms with Crippen molar-refractivity contribution in [1.82, 2.24) is 10.6 Å². The molecular weight excluding hydrogens is 216 g/mol. The number of amides is 1.